The molecular weight excluding hydrogens is 478 g/mol. The van der Waals surface area contributed by atoms with Crippen LogP contribution in [-0.2, 0) is 19.4 Å². The van der Waals surface area contributed by atoms with Crippen LogP contribution in [0.15, 0.2) is 29.4 Å². The molecule has 0 unspecified atom stereocenters. The van der Waals surface area contributed by atoms with Crippen LogP contribution >= 0.6 is 35.3 Å². The first-order valence-corrected chi connectivity index (χ1v) is 9.84. The standard InChI is InChI=1S/C19H27FN4OS.HI/c1-4-15-13-23-18(26-15)9-10-22-19(21-5-2)24-12-14-7-8-17(25-6-3)16(20)11-14;/h7-8,11,13H,4-6,9-10,12H2,1-3H3,(H2,21,22,24);1H. The molecular formula is C19H28FIN4OS. The molecule has 2 N–H and O–H groups in total. The van der Waals surface area contributed by atoms with Crippen molar-refractivity contribution in [1.82, 2.24) is 15.6 Å². The monoisotopic (exact) mass is 506 g/mol. The lowest BCUT2D eigenvalue weighted by Crippen LogP contribution is -2.38. The molecule has 0 aliphatic heterocycles. The molecule has 2 aromatic rings. The second-order valence-electron chi connectivity index (χ2n) is 5.64. The lowest BCUT2D eigenvalue weighted by molar-refractivity contribution is 0.321. The van der Waals surface area contributed by atoms with Crippen molar-refractivity contribution >= 4 is 41.3 Å². The molecule has 0 amide bonds. The fourth-order valence-corrected chi connectivity index (χ4v) is 3.20. The van der Waals surface area contributed by atoms with Crippen molar-refractivity contribution in [1.29, 1.82) is 0 Å². The molecule has 0 aliphatic rings. The fraction of sp³-hybridized carbons (Fsp3) is 0.474. The maximum absolute atomic E-state index is 13.9. The number of halogens is 2. The molecule has 0 radical (unpaired) electrons. The van der Waals surface area contributed by atoms with Gasteiger partial charge in [-0.05, 0) is 38.0 Å². The van der Waals surface area contributed by atoms with Crippen molar-refractivity contribution in [3.05, 3.63) is 45.7 Å². The molecule has 150 valence electrons. The van der Waals surface area contributed by atoms with Gasteiger partial charge < -0.3 is 15.4 Å². The number of nitrogens with one attached hydrogen (secondary N) is 2. The number of ether oxygens (including phenoxy) is 1. The summed E-state index contributed by atoms with van der Waals surface area (Å²) in [5.74, 6) is 0.641. The van der Waals surface area contributed by atoms with Crippen molar-refractivity contribution in [2.45, 2.75) is 40.2 Å². The normalized spacial score (nSPS) is 11.0. The number of hydrogen-bond donors (Lipinski definition) is 2. The summed E-state index contributed by atoms with van der Waals surface area (Å²) in [6, 6.07) is 4.96. The van der Waals surface area contributed by atoms with E-state index < -0.39 is 0 Å². The van der Waals surface area contributed by atoms with E-state index in [2.05, 4.69) is 27.5 Å². The van der Waals surface area contributed by atoms with Crippen molar-refractivity contribution in [2.75, 3.05) is 19.7 Å². The molecule has 1 aromatic carbocycles. The third kappa shape index (κ3) is 8.00. The fourth-order valence-electron chi connectivity index (χ4n) is 2.34. The summed E-state index contributed by atoms with van der Waals surface area (Å²) in [7, 11) is 0. The number of nitrogens with zero attached hydrogens (tertiary/aromatic N) is 2. The molecule has 27 heavy (non-hydrogen) atoms. The van der Waals surface area contributed by atoms with Crippen LogP contribution in [0.25, 0.3) is 0 Å². The number of aliphatic imine (C=N–C) groups is 1. The lowest BCUT2D eigenvalue weighted by atomic mass is 10.2. The third-order valence-electron chi connectivity index (χ3n) is 3.64. The van der Waals surface area contributed by atoms with Crippen LogP contribution in [0.1, 0.15) is 36.2 Å². The maximum Gasteiger partial charge on any atom is 0.191 e. The molecule has 0 aliphatic carbocycles. The second kappa shape index (κ2) is 12.9. The Morgan fingerprint density at radius 3 is 2.70 bits per heavy atom. The Morgan fingerprint density at radius 2 is 2.07 bits per heavy atom. The Balaban J connectivity index is 0.00000364. The van der Waals surface area contributed by atoms with E-state index in [1.54, 1.807) is 17.4 Å². The van der Waals surface area contributed by atoms with Crippen LogP contribution in [0.3, 0.4) is 0 Å². The predicted octanol–water partition coefficient (Wildman–Crippen LogP) is 4.16. The van der Waals surface area contributed by atoms with Crippen LogP contribution in [0.2, 0.25) is 0 Å². The van der Waals surface area contributed by atoms with Gasteiger partial charge in [0.15, 0.2) is 17.5 Å². The lowest BCUT2D eigenvalue weighted by Gasteiger charge is -2.11. The van der Waals surface area contributed by atoms with Crippen LogP contribution < -0.4 is 15.4 Å². The minimum absolute atomic E-state index is 0. The molecule has 5 nitrogen and oxygen atoms in total. The summed E-state index contributed by atoms with van der Waals surface area (Å²) in [5.41, 5.74) is 0.802. The van der Waals surface area contributed by atoms with E-state index in [4.69, 9.17) is 4.74 Å². The summed E-state index contributed by atoms with van der Waals surface area (Å²) in [6.07, 6.45) is 3.82. The molecule has 0 spiro atoms. The van der Waals surface area contributed by atoms with Crippen molar-refractivity contribution in [3.63, 3.8) is 0 Å². The first-order chi connectivity index (χ1) is 12.7. The third-order valence-corrected chi connectivity index (χ3v) is 4.84. The smallest absolute Gasteiger partial charge is 0.191 e. The molecule has 0 fully saturated rings. The number of aryl methyl sites for hydroxylation is 1. The van der Waals surface area contributed by atoms with E-state index in [0.717, 1.165) is 36.5 Å². The van der Waals surface area contributed by atoms with Gasteiger partial charge in [-0.25, -0.2) is 14.4 Å². The number of thiazole rings is 1. The largest absolute Gasteiger partial charge is 0.491 e. The molecule has 8 heteroatoms. The van der Waals surface area contributed by atoms with Gasteiger partial charge in [0, 0.05) is 30.6 Å². The second-order valence-corrected chi connectivity index (χ2v) is 6.84. The van der Waals surface area contributed by atoms with Gasteiger partial charge in [-0.3, -0.25) is 0 Å². The zero-order valence-corrected chi connectivity index (χ0v) is 19.2. The highest BCUT2D eigenvalue weighted by molar-refractivity contribution is 14.0. The SMILES string of the molecule is CCNC(=NCc1ccc(OCC)c(F)c1)NCCc1ncc(CC)s1.I. The summed E-state index contributed by atoms with van der Waals surface area (Å²) in [4.78, 5) is 10.2. The zero-order chi connectivity index (χ0) is 18.8. The summed E-state index contributed by atoms with van der Waals surface area (Å²) < 4.78 is 19.1. The van der Waals surface area contributed by atoms with Crippen molar-refractivity contribution in [2.24, 2.45) is 4.99 Å². The van der Waals surface area contributed by atoms with E-state index >= 15 is 0 Å². The van der Waals surface area contributed by atoms with Gasteiger partial charge in [0.1, 0.15) is 0 Å². The quantitative estimate of drug-likeness (QED) is 0.305. The van der Waals surface area contributed by atoms with Crippen LogP contribution in [-0.4, -0.2) is 30.6 Å². The van der Waals surface area contributed by atoms with Gasteiger partial charge in [0.2, 0.25) is 0 Å². The van der Waals surface area contributed by atoms with E-state index in [9.17, 15) is 4.39 Å². The highest BCUT2D eigenvalue weighted by Gasteiger charge is 2.05. The van der Waals surface area contributed by atoms with Gasteiger partial charge in [-0.15, -0.1) is 35.3 Å². The average molecular weight is 506 g/mol. The van der Waals surface area contributed by atoms with E-state index in [1.807, 2.05) is 26.1 Å². The highest BCUT2D eigenvalue weighted by atomic mass is 127. The summed E-state index contributed by atoms with van der Waals surface area (Å²) in [5, 5.41) is 7.63. The van der Waals surface area contributed by atoms with Gasteiger partial charge in [0.05, 0.1) is 18.2 Å². The molecule has 1 heterocycles. The van der Waals surface area contributed by atoms with Crippen LogP contribution in [0.4, 0.5) is 4.39 Å². The van der Waals surface area contributed by atoms with Gasteiger partial charge in [0.25, 0.3) is 0 Å². The number of rotatable bonds is 9. The number of benzene rings is 1. The number of guanidine groups is 1. The Bertz CT molecular complexity index is 723. The number of aromatic nitrogens is 1. The first-order valence-electron chi connectivity index (χ1n) is 9.03. The number of hydrogen-bond acceptors (Lipinski definition) is 4. The molecule has 1 aromatic heterocycles. The van der Waals surface area contributed by atoms with Crippen molar-refractivity contribution in [3.8, 4) is 5.75 Å². The average Bonchev–Trinajstić information content (AvgIpc) is 3.10. The van der Waals surface area contributed by atoms with Gasteiger partial charge >= 0.3 is 0 Å². The highest BCUT2D eigenvalue weighted by Crippen LogP contribution is 2.18. The first kappa shape index (κ1) is 23.6. The Morgan fingerprint density at radius 1 is 1.26 bits per heavy atom. The minimum Gasteiger partial charge on any atom is -0.491 e. The van der Waals surface area contributed by atoms with E-state index in [1.165, 1.54) is 10.9 Å². The van der Waals surface area contributed by atoms with E-state index in [0.29, 0.717) is 19.1 Å². The molecule has 0 saturated heterocycles. The Labute approximate surface area is 181 Å². The zero-order valence-electron chi connectivity index (χ0n) is 16.0. The van der Waals surface area contributed by atoms with Crippen LogP contribution in [0.5, 0.6) is 5.75 Å². The molecule has 2 rings (SSSR count). The summed E-state index contributed by atoms with van der Waals surface area (Å²) in [6.45, 7) is 8.34. The minimum atomic E-state index is -0.354. The van der Waals surface area contributed by atoms with Crippen LogP contribution in [0, 0.1) is 5.82 Å². The Hall–Kier alpha value is -1.42. The predicted molar refractivity (Wildman–Crippen MR) is 121 cm³/mol. The molecule has 0 bridgehead atoms. The summed E-state index contributed by atoms with van der Waals surface area (Å²) >= 11 is 1.75. The van der Waals surface area contributed by atoms with E-state index in [-0.39, 0.29) is 35.5 Å². The molecule has 0 saturated carbocycles. The topological polar surface area (TPSA) is 58.5 Å². The van der Waals surface area contributed by atoms with Gasteiger partial charge in [-0.1, -0.05) is 13.0 Å². The Kier molecular flexibility index (Phi) is 11.3. The van der Waals surface area contributed by atoms with Crippen molar-refractivity contribution < 1.29 is 9.13 Å². The van der Waals surface area contributed by atoms with Gasteiger partial charge in [-0.2, -0.15) is 0 Å². The maximum atomic E-state index is 13.9. The molecule has 0 atom stereocenters.